The van der Waals surface area contributed by atoms with Crippen molar-refractivity contribution < 1.29 is 5.11 Å². The van der Waals surface area contributed by atoms with E-state index in [0.29, 0.717) is 6.04 Å². The molecule has 0 amide bonds. The third kappa shape index (κ3) is 3.56. The summed E-state index contributed by atoms with van der Waals surface area (Å²) >= 11 is 1.76. The van der Waals surface area contributed by atoms with E-state index in [-0.39, 0.29) is 6.61 Å². The van der Waals surface area contributed by atoms with E-state index in [9.17, 15) is 0 Å². The molecule has 0 saturated carbocycles. The first-order chi connectivity index (χ1) is 8.69. The lowest BCUT2D eigenvalue weighted by molar-refractivity contribution is 0.101. The molecule has 1 unspecified atom stereocenters. The third-order valence-electron chi connectivity index (χ3n) is 3.39. The minimum Gasteiger partial charge on any atom is -0.384 e. The van der Waals surface area contributed by atoms with Gasteiger partial charge in [-0.15, -0.1) is 11.3 Å². The van der Waals surface area contributed by atoms with Crippen LogP contribution in [0.5, 0.6) is 0 Å². The Bertz CT molecular complexity index is 446. The van der Waals surface area contributed by atoms with Crippen molar-refractivity contribution >= 4 is 11.3 Å². The largest absolute Gasteiger partial charge is 0.384 e. The highest BCUT2D eigenvalue weighted by Gasteiger charge is 2.20. The molecule has 1 aromatic rings. The van der Waals surface area contributed by atoms with Crippen LogP contribution in [-0.4, -0.2) is 54.2 Å². The number of aliphatic hydroxyl groups excluding tert-OH is 1. The molecule has 2 heterocycles. The molecular weight excluding hydrogens is 244 g/mol. The molecule has 0 bridgehead atoms. The fraction of sp³-hybridized carbons (Fsp3) is 0.571. The summed E-state index contributed by atoms with van der Waals surface area (Å²) in [6, 6.07) is 2.77. The SMILES string of the molecule is CC1CN(Cc2cc(C#CCO)cs2)CCN1C. The smallest absolute Gasteiger partial charge is 0.104 e. The number of piperazine rings is 1. The summed E-state index contributed by atoms with van der Waals surface area (Å²) in [6.45, 7) is 6.63. The predicted molar refractivity (Wildman–Crippen MR) is 75.7 cm³/mol. The van der Waals surface area contributed by atoms with Crippen molar-refractivity contribution in [2.75, 3.05) is 33.3 Å². The van der Waals surface area contributed by atoms with Gasteiger partial charge in [0.15, 0.2) is 0 Å². The maximum absolute atomic E-state index is 8.67. The van der Waals surface area contributed by atoms with Crippen LogP contribution >= 0.6 is 11.3 Å². The van der Waals surface area contributed by atoms with Crippen LogP contribution in [0.1, 0.15) is 17.4 Å². The highest BCUT2D eigenvalue weighted by Crippen LogP contribution is 2.18. The van der Waals surface area contributed by atoms with E-state index in [4.69, 9.17) is 5.11 Å². The monoisotopic (exact) mass is 264 g/mol. The number of likely N-dealkylation sites (N-methyl/N-ethyl adjacent to an activating group) is 1. The molecule has 2 rings (SSSR count). The Morgan fingerprint density at radius 1 is 1.50 bits per heavy atom. The number of nitrogens with zero attached hydrogens (tertiary/aromatic N) is 2. The van der Waals surface area contributed by atoms with Gasteiger partial charge in [-0.25, -0.2) is 0 Å². The molecule has 0 spiro atoms. The summed E-state index contributed by atoms with van der Waals surface area (Å²) in [5.41, 5.74) is 1.02. The molecule has 1 aromatic heterocycles. The van der Waals surface area contributed by atoms with Gasteiger partial charge in [-0.1, -0.05) is 11.8 Å². The predicted octanol–water partition coefficient (Wildman–Crippen LogP) is 1.23. The number of thiophene rings is 1. The molecule has 1 atom stereocenters. The van der Waals surface area contributed by atoms with Crippen molar-refractivity contribution in [3.8, 4) is 11.8 Å². The third-order valence-corrected chi connectivity index (χ3v) is 4.31. The lowest BCUT2D eigenvalue weighted by atomic mass is 10.2. The van der Waals surface area contributed by atoms with Crippen LogP contribution < -0.4 is 0 Å². The Hall–Kier alpha value is -0.860. The van der Waals surface area contributed by atoms with Crippen molar-refractivity contribution in [3.05, 3.63) is 21.9 Å². The minimum atomic E-state index is -0.0683. The lowest BCUT2D eigenvalue weighted by Crippen LogP contribution is -2.49. The molecule has 0 radical (unpaired) electrons. The van der Waals surface area contributed by atoms with Gasteiger partial charge in [0, 0.05) is 48.0 Å². The second-order valence-electron chi connectivity index (χ2n) is 4.83. The first kappa shape index (κ1) is 13.6. The first-order valence-corrected chi connectivity index (χ1v) is 7.16. The lowest BCUT2D eigenvalue weighted by Gasteiger charge is -2.37. The van der Waals surface area contributed by atoms with Crippen molar-refractivity contribution in [3.63, 3.8) is 0 Å². The summed E-state index contributed by atoms with van der Waals surface area (Å²) in [6.07, 6.45) is 0. The first-order valence-electron chi connectivity index (χ1n) is 6.29. The molecule has 1 fully saturated rings. The fourth-order valence-electron chi connectivity index (χ4n) is 2.16. The molecular formula is C14H20N2OS. The maximum Gasteiger partial charge on any atom is 0.104 e. The maximum atomic E-state index is 8.67. The van der Waals surface area contributed by atoms with Crippen molar-refractivity contribution in [2.24, 2.45) is 0 Å². The van der Waals surface area contributed by atoms with E-state index in [1.807, 2.05) is 0 Å². The highest BCUT2D eigenvalue weighted by molar-refractivity contribution is 7.10. The summed E-state index contributed by atoms with van der Waals surface area (Å²) in [7, 11) is 2.19. The normalized spacial score (nSPS) is 21.6. The summed E-state index contributed by atoms with van der Waals surface area (Å²) in [5.74, 6) is 5.64. The zero-order valence-electron chi connectivity index (χ0n) is 11.0. The topological polar surface area (TPSA) is 26.7 Å². The van der Waals surface area contributed by atoms with E-state index in [2.05, 4.69) is 47.1 Å². The Kier molecular flexibility index (Phi) is 4.79. The summed E-state index contributed by atoms with van der Waals surface area (Å²) < 4.78 is 0. The van der Waals surface area contributed by atoms with Crippen LogP contribution in [0.25, 0.3) is 0 Å². The molecule has 4 heteroatoms. The van der Waals surface area contributed by atoms with E-state index in [1.54, 1.807) is 11.3 Å². The molecule has 1 N–H and O–H groups in total. The molecule has 3 nitrogen and oxygen atoms in total. The van der Waals surface area contributed by atoms with Gasteiger partial charge in [-0.3, -0.25) is 4.90 Å². The van der Waals surface area contributed by atoms with Crippen LogP contribution in [0.15, 0.2) is 11.4 Å². The Labute approximate surface area is 113 Å². The van der Waals surface area contributed by atoms with Crippen LogP contribution in [0.2, 0.25) is 0 Å². The Morgan fingerprint density at radius 3 is 3.06 bits per heavy atom. The van der Waals surface area contributed by atoms with E-state index < -0.39 is 0 Å². The minimum absolute atomic E-state index is 0.0683. The molecule has 98 valence electrons. The number of aliphatic hydroxyl groups is 1. The van der Waals surface area contributed by atoms with Gasteiger partial charge in [0.2, 0.25) is 0 Å². The second kappa shape index (κ2) is 6.35. The number of hydrogen-bond acceptors (Lipinski definition) is 4. The molecule has 18 heavy (non-hydrogen) atoms. The quantitative estimate of drug-likeness (QED) is 0.814. The van der Waals surface area contributed by atoms with Crippen LogP contribution in [0.4, 0.5) is 0 Å². The van der Waals surface area contributed by atoms with Crippen molar-refractivity contribution in [1.29, 1.82) is 0 Å². The van der Waals surface area contributed by atoms with Gasteiger partial charge in [-0.05, 0) is 20.0 Å². The van der Waals surface area contributed by atoms with E-state index in [0.717, 1.165) is 31.7 Å². The summed E-state index contributed by atoms with van der Waals surface area (Å²) in [5, 5.41) is 10.7. The van der Waals surface area contributed by atoms with Gasteiger partial charge in [0.05, 0.1) is 0 Å². The zero-order chi connectivity index (χ0) is 13.0. The van der Waals surface area contributed by atoms with Gasteiger partial charge in [0.25, 0.3) is 0 Å². The van der Waals surface area contributed by atoms with Crippen LogP contribution in [0, 0.1) is 11.8 Å². The molecule has 1 saturated heterocycles. The average molecular weight is 264 g/mol. The average Bonchev–Trinajstić information content (AvgIpc) is 2.79. The summed E-state index contributed by atoms with van der Waals surface area (Å²) in [4.78, 5) is 6.26. The van der Waals surface area contributed by atoms with Gasteiger partial charge >= 0.3 is 0 Å². The fourth-order valence-corrected chi connectivity index (χ4v) is 3.02. The standard InChI is InChI=1S/C14H20N2OS/c1-12-9-16(6-5-15(12)2)10-14-8-13(11-18-14)4-3-7-17/h8,11-12,17H,5-7,9-10H2,1-2H3. The van der Waals surface area contributed by atoms with Gasteiger partial charge < -0.3 is 10.0 Å². The van der Waals surface area contributed by atoms with Gasteiger partial charge in [0.1, 0.15) is 6.61 Å². The van der Waals surface area contributed by atoms with Crippen LogP contribution in [0.3, 0.4) is 0 Å². The van der Waals surface area contributed by atoms with Crippen molar-refractivity contribution in [1.82, 2.24) is 9.80 Å². The van der Waals surface area contributed by atoms with Crippen LogP contribution in [-0.2, 0) is 6.54 Å². The van der Waals surface area contributed by atoms with E-state index in [1.165, 1.54) is 4.88 Å². The number of rotatable bonds is 2. The number of hydrogen-bond donors (Lipinski definition) is 1. The Balaban J connectivity index is 1.91. The molecule has 0 aliphatic carbocycles. The Morgan fingerprint density at radius 2 is 2.33 bits per heavy atom. The second-order valence-corrected chi connectivity index (χ2v) is 5.82. The van der Waals surface area contributed by atoms with Gasteiger partial charge in [-0.2, -0.15) is 0 Å². The van der Waals surface area contributed by atoms with E-state index >= 15 is 0 Å². The zero-order valence-corrected chi connectivity index (χ0v) is 11.8. The molecule has 1 aliphatic heterocycles. The van der Waals surface area contributed by atoms with Crippen molar-refractivity contribution in [2.45, 2.75) is 19.5 Å². The molecule has 1 aliphatic rings. The molecule has 0 aromatic carbocycles. The highest BCUT2D eigenvalue weighted by atomic mass is 32.1.